The molecule has 2 amide bonds. The van der Waals surface area contributed by atoms with Crippen molar-refractivity contribution in [3.63, 3.8) is 0 Å². The quantitative estimate of drug-likeness (QED) is 0.439. The van der Waals surface area contributed by atoms with Gasteiger partial charge in [-0.3, -0.25) is 9.59 Å². The van der Waals surface area contributed by atoms with Gasteiger partial charge in [0, 0.05) is 44.2 Å². The molecule has 2 aliphatic heterocycles. The molecule has 1 fully saturated rings. The molecular weight excluding hydrogens is 553 g/mol. The van der Waals surface area contributed by atoms with Gasteiger partial charge in [-0.25, -0.2) is 9.67 Å². The van der Waals surface area contributed by atoms with Crippen molar-refractivity contribution in [2.45, 2.75) is 43.8 Å². The first-order valence-electron chi connectivity index (χ1n) is 13.6. The average Bonchev–Trinajstić information content (AvgIpc) is 3.77. The summed E-state index contributed by atoms with van der Waals surface area (Å²) in [5.41, 5.74) is 7.79. The second-order valence-corrected chi connectivity index (χ2v) is 10.7. The molecule has 2 aromatic heterocycles. The summed E-state index contributed by atoms with van der Waals surface area (Å²) in [6.07, 6.45) is 0.0982. The fourth-order valence-corrected chi connectivity index (χ4v) is 6.00. The van der Waals surface area contributed by atoms with E-state index in [4.69, 9.17) is 15.6 Å². The van der Waals surface area contributed by atoms with Crippen molar-refractivity contribution >= 4 is 17.5 Å². The van der Waals surface area contributed by atoms with E-state index in [1.54, 1.807) is 15.6 Å². The van der Waals surface area contributed by atoms with Crippen molar-refractivity contribution < 1.29 is 32.6 Å². The van der Waals surface area contributed by atoms with E-state index in [1.165, 1.54) is 11.0 Å². The summed E-state index contributed by atoms with van der Waals surface area (Å²) in [5.74, 6) is -1.14. The van der Waals surface area contributed by atoms with Crippen molar-refractivity contribution in [1.29, 1.82) is 0 Å². The number of phenols is 1. The maximum Gasteiger partial charge on any atom is 0.437 e. The molecule has 42 heavy (non-hydrogen) atoms. The Kier molecular flexibility index (Phi) is 6.62. The molecule has 6 rings (SSSR count). The minimum atomic E-state index is -4.83. The molecule has 0 saturated heterocycles. The maximum absolute atomic E-state index is 13.9. The van der Waals surface area contributed by atoms with Crippen molar-refractivity contribution in [3.8, 4) is 17.2 Å². The van der Waals surface area contributed by atoms with Gasteiger partial charge in [-0.1, -0.05) is 12.6 Å². The molecule has 0 spiro atoms. The highest BCUT2D eigenvalue weighted by Gasteiger charge is 2.43. The number of ether oxygens (including phenoxy) is 1. The van der Waals surface area contributed by atoms with Crippen LogP contribution in [0.2, 0.25) is 0 Å². The smallest absolute Gasteiger partial charge is 0.437 e. The van der Waals surface area contributed by atoms with Crippen LogP contribution >= 0.6 is 0 Å². The molecule has 1 unspecified atom stereocenters. The summed E-state index contributed by atoms with van der Waals surface area (Å²) in [5, 5.41) is 15.8. The van der Waals surface area contributed by atoms with Gasteiger partial charge in [-0.15, -0.1) is 0 Å². The Hall–Kier alpha value is -4.55. The number of amides is 2. The Bertz CT molecular complexity index is 1610. The lowest BCUT2D eigenvalue weighted by atomic mass is 9.94. The number of pyridine rings is 1. The van der Waals surface area contributed by atoms with Crippen LogP contribution in [0.25, 0.3) is 5.69 Å². The molecule has 13 heteroatoms. The monoisotopic (exact) mass is 582 g/mol. The third-order valence-electron chi connectivity index (χ3n) is 8.21. The van der Waals surface area contributed by atoms with E-state index in [0.29, 0.717) is 36.7 Å². The van der Waals surface area contributed by atoms with Crippen molar-refractivity contribution in [1.82, 2.24) is 24.6 Å². The van der Waals surface area contributed by atoms with Crippen LogP contribution in [0, 0.1) is 0 Å². The Morgan fingerprint density at radius 2 is 1.98 bits per heavy atom. The van der Waals surface area contributed by atoms with Gasteiger partial charge in [0.05, 0.1) is 35.8 Å². The average molecular weight is 583 g/mol. The van der Waals surface area contributed by atoms with Crippen LogP contribution in [0.1, 0.15) is 63.4 Å². The number of benzene rings is 1. The van der Waals surface area contributed by atoms with Crippen LogP contribution in [0.15, 0.2) is 37.1 Å². The van der Waals surface area contributed by atoms with E-state index in [0.717, 1.165) is 43.0 Å². The number of nitrogens with zero attached hydrogens (tertiary/aromatic N) is 5. The number of hydrogen-bond donors (Lipinski definition) is 2. The topological polar surface area (TPSA) is 127 Å². The van der Waals surface area contributed by atoms with Crippen LogP contribution in [-0.4, -0.2) is 68.2 Å². The number of anilines is 1. The van der Waals surface area contributed by atoms with Gasteiger partial charge < -0.3 is 25.4 Å². The molecule has 3 N–H and O–H groups in total. The van der Waals surface area contributed by atoms with Crippen molar-refractivity contribution in [3.05, 3.63) is 70.8 Å². The predicted octanol–water partition coefficient (Wildman–Crippen LogP) is 3.77. The van der Waals surface area contributed by atoms with Crippen LogP contribution in [-0.2, 0) is 23.8 Å². The fourth-order valence-electron chi connectivity index (χ4n) is 6.00. The molecule has 0 bridgehead atoms. The third-order valence-corrected chi connectivity index (χ3v) is 8.21. The number of hydrogen-bond acceptors (Lipinski definition) is 7. The van der Waals surface area contributed by atoms with Crippen molar-refractivity contribution in [2.75, 3.05) is 32.5 Å². The molecule has 10 nitrogen and oxygen atoms in total. The molecule has 3 aromatic rings. The number of halogens is 3. The Morgan fingerprint density at radius 3 is 2.62 bits per heavy atom. The standard InChI is InChI=1S/C29H29F3N6O4/c1-3-23(40)36-10-8-18-24-20(38(35-18)19-7-6-16(12-22(19)39)15-4-5-15)9-11-37(21(24)14-36)28(41)17-13-34-27(29(30,31)32)26(42-2)25(17)33/h3,6-7,12-13,15,21,39H,1,4-5,8-11,14H2,2H3,(H2,33,34). The first kappa shape index (κ1) is 27.6. The number of carbonyl (C=O) groups excluding carboxylic acids is 2. The number of aromatic nitrogens is 3. The highest BCUT2D eigenvalue weighted by atomic mass is 19.4. The first-order valence-corrected chi connectivity index (χ1v) is 13.6. The summed E-state index contributed by atoms with van der Waals surface area (Å²) in [4.78, 5) is 33.2. The molecule has 0 radical (unpaired) electrons. The number of alkyl halides is 3. The Morgan fingerprint density at radius 1 is 1.21 bits per heavy atom. The van der Waals surface area contributed by atoms with Crippen LogP contribution in [0.3, 0.4) is 0 Å². The molecule has 3 aliphatic rings. The number of methoxy groups -OCH3 is 1. The maximum atomic E-state index is 13.9. The summed E-state index contributed by atoms with van der Waals surface area (Å²) in [6.45, 7) is 4.17. The largest absolute Gasteiger partial charge is 0.506 e. The normalized spacial score (nSPS) is 18.3. The molecular formula is C29H29F3N6O4. The summed E-state index contributed by atoms with van der Waals surface area (Å²) in [6, 6.07) is 4.91. The summed E-state index contributed by atoms with van der Waals surface area (Å²) >= 11 is 0. The third kappa shape index (κ3) is 4.52. The van der Waals surface area contributed by atoms with E-state index in [2.05, 4.69) is 11.6 Å². The van der Waals surface area contributed by atoms with E-state index in [9.17, 15) is 27.9 Å². The van der Waals surface area contributed by atoms with Crippen LogP contribution < -0.4 is 10.5 Å². The predicted molar refractivity (Wildman–Crippen MR) is 145 cm³/mol. The van der Waals surface area contributed by atoms with Gasteiger partial charge in [0.2, 0.25) is 5.91 Å². The van der Waals surface area contributed by atoms with Gasteiger partial charge >= 0.3 is 6.18 Å². The van der Waals surface area contributed by atoms with E-state index < -0.39 is 35.3 Å². The summed E-state index contributed by atoms with van der Waals surface area (Å²) < 4.78 is 47.1. The Balaban J connectivity index is 1.43. The lowest BCUT2D eigenvalue weighted by Gasteiger charge is -2.38. The number of carbonyl (C=O) groups is 2. The highest BCUT2D eigenvalue weighted by molar-refractivity contribution is 6.00. The second kappa shape index (κ2) is 10.1. The van der Waals surface area contributed by atoms with Crippen LogP contribution in [0.4, 0.5) is 18.9 Å². The molecule has 1 aliphatic carbocycles. The van der Waals surface area contributed by atoms with E-state index in [-0.39, 0.29) is 30.3 Å². The molecule has 1 aromatic carbocycles. The number of nitrogens with two attached hydrogens (primary N) is 1. The van der Waals surface area contributed by atoms with Crippen LogP contribution in [0.5, 0.6) is 11.5 Å². The second-order valence-electron chi connectivity index (χ2n) is 10.7. The number of phenolic OH excluding ortho intramolecular Hbond substituents is 1. The SMILES string of the molecule is C=CC(=O)N1CCc2nn(-c3ccc(C4CC4)cc3O)c3c2C(C1)N(C(=O)c1cnc(C(F)(F)F)c(OC)c1N)CC3. The van der Waals surface area contributed by atoms with E-state index >= 15 is 0 Å². The molecule has 220 valence electrons. The zero-order valence-corrected chi connectivity index (χ0v) is 22.8. The summed E-state index contributed by atoms with van der Waals surface area (Å²) in [7, 11) is 1.03. The van der Waals surface area contributed by atoms with Gasteiger partial charge in [0.1, 0.15) is 11.4 Å². The van der Waals surface area contributed by atoms with Gasteiger partial charge in [0.15, 0.2) is 11.4 Å². The zero-order chi connectivity index (χ0) is 29.9. The van der Waals surface area contributed by atoms with Gasteiger partial charge in [0.25, 0.3) is 5.91 Å². The number of nitrogen functional groups attached to an aromatic ring is 1. The lowest BCUT2D eigenvalue weighted by molar-refractivity contribution is -0.142. The number of rotatable bonds is 5. The minimum Gasteiger partial charge on any atom is -0.506 e. The lowest BCUT2D eigenvalue weighted by Crippen LogP contribution is -2.46. The Labute approximate surface area is 239 Å². The van der Waals surface area contributed by atoms with Gasteiger partial charge in [-0.05, 0) is 42.5 Å². The highest BCUT2D eigenvalue weighted by Crippen LogP contribution is 2.44. The van der Waals surface area contributed by atoms with E-state index in [1.807, 2.05) is 12.1 Å². The fraction of sp³-hybridized carbons (Fsp3) is 0.379. The first-order chi connectivity index (χ1) is 20.0. The molecule has 1 saturated carbocycles. The van der Waals surface area contributed by atoms with Gasteiger partial charge in [-0.2, -0.15) is 18.3 Å². The molecule has 1 atom stereocenters. The number of aromatic hydroxyl groups is 1. The minimum absolute atomic E-state index is 0.0996. The van der Waals surface area contributed by atoms with Crippen molar-refractivity contribution in [2.24, 2.45) is 0 Å². The molecule has 4 heterocycles. The zero-order valence-electron chi connectivity index (χ0n) is 22.8.